The van der Waals surface area contributed by atoms with Gasteiger partial charge in [0.1, 0.15) is 0 Å². The number of carboxylic acid groups (broad SMARTS) is 1. The molecular formula is C13H24N2O3. The predicted molar refractivity (Wildman–Crippen MR) is 69.5 cm³/mol. The van der Waals surface area contributed by atoms with Gasteiger partial charge in [-0.05, 0) is 31.6 Å². The van der Waals surface area contributed by atoms with Crippen LogP contribution in [-0.4, -0.2) is 41.1 Å². The van der Waals surface area contributed by atoms with E-state index in [0.29, 0.717) is 12.6 Å². The first-order valence-corrected chi connectivity index (χ1v) is 6.80. The van der Waals surface area contributed by atoms with Crippen LogP contribution in [-0.2, 0) is 4.79 Å². The number of carboxylic acids is 1. The SMILES string of the molecule is CCC1CCCCN1C(=O)NCC(C)CC(=O)O. The number of nitrogens with zero attached hydrogens (tertiary/aromatic N) is 1. The van der Waals surface area contributed by atoms with Gasteiger partial charge in [-0.25, -0.2) is 4.79 Å². The first-order valence-electron chi connectivity index (χ1n) is 6.80. The maximum atomic E-state index is 12.0. The largest absolute Gasteiger partial charge is 0.481 e. The lowest BCUT2D eigenvalue weighted by Gasteiger charge is -2.35. The van der Waals surface area contributed by atoms with Crippen molar-refractivity contribution in [1.82, 2.24) is 10.2 Å². The quantitative estimate of drug-likeness (QED) is 0.791. The monoisotopic (exact) mass is 256 g/mol. The topological polar surface area (TPSA) is 69.6 Å². The van der Waals surface area contributed by atoms with Gasteiger partial charge in [-0.1, -0.05) is 13.8 Å². The Morgan fingerprint density at radius 1 is 1.44 bits per heavy atom. The zero-order valence-electron chi connectivity index (χ0n) is 11.3. The van der Waals surface area contributed by atoms with E-state index in [0.717, 1.165) is 25.8 Å². The second-order valence-corrected chi connectivity index (χ2v) is 5.14. The summed E-state index contributed by atoms with van der Waals surface area (Å²) in [5.74, 6) is -0.850. The number of rotatable bonds is 5. The van der Waals surface area contributed by atoms with Gasteiger partial charge < -0.3 is 15.3 Å². The Morgan fingerprint density at radius 3 is 2.78 bits per heavy atom. The van der Waals surface area contributed by atoms with E-state index in [9.17, 15) is 9.59 Å². The summed E-state index contributed by atoms with van der Waals surface area (Å²) in [6, 6.07) is 0.298. The number of carbonyl (C=O) groups excluding carboxylic acids is 1. The van der Waals surface area contributed by atoms with E-state index in [2.05, 4.69) is 12.2 Å². The number of carbonyl (C=O) groups is 2. The number of hydrogen-bond acceptors (Lipinski definition) is 2. The molecule has 5 heteroatoms. The molecule has 0 saturated carbocycles. The van der Waals surface area contributed by atoms with Crippen LogP contribution in [0.25, 0.3) is 0 Å². The molecule has 1 heterocycles. The average Bonchev–Trinajstić information content (AvgIpc) is 2.35. The molecule has 2 amide bonds. The van der Waals surface area contributed by atoms with E-state index in [1.165, 1.54) is 6.42 Å². The molecule has 1 fully saturated rings. The zero-order valence-corrected chi connectivity index (χ0v) is 11.3. The minimum Gasteiger partial charge on any atom is -0.481 e. The van der Waals surface area contributed by atoms with Crippen molar-refractivity contribution in [2.45, 2.75) is 52.0 Å². The second-order valence-electron chi connectivity index (χ2n) is 5.14. The van der Waals surface area contributed by atoms with E-state index in [-0.39, 0.29) is 18.4 Å². The highest BCUT2D eigenvalue weighted by Crippen LogP contribution is 2.19. The van der Waals surface area contributed by atoms with Crippen molar-refractivity contribution in [2.24, 2.45) is 5.92 Å². The first kappa shape index (κ1) is 14.8. The van der Waals surface area contributed by atoms with Gasteiger partial charge in [-0.15, -0.1) is 0 Å². The molecule has 5 nitrogen and oxygen atoms in total. The fourth-order valence-electron chi connectivity index (χ4n) is 2.43. The van der Waals surface area contributed by atoms with Crippen LogP contribution in [0.1, 0.15) is 46.0 Å². The molecule has 0 radical (unpaired) electrons. The molecule has 0 aromatic carbocycles. The molecule has 104 valence electrons. The van der Waals surface area contributed by atoms with Crippen LogP contribution >= 0.6 is 0 Å². The Hall–Kier alpha value is -1.26. The fourth-order valence-corrected chi connectivity index (χ4v) is 2.43. The molecule has 2 unspecified atom stereocenters. The van der Waals surface area contributed by atoms with E-state index in [4.69, 9.17) is 5.11 Å². The van der Waals surface area contributed by atoms with E-state index >= 15 is 0 Å². The summed E-state index contributed by atoms with van der Waals surface area (Å²) in [5.41, 5.74) is 0. The van der Waals surface area contributed by atoms with Gasteiger partial charge in [0, 0.05) is 25.6 Å². The van der Waals surface area contributed by atoms with Gasteiger partial charge in [0.2, 0.25) is 0 Å². The molecule has 1 aliphatic rings. The van der Waals surface area contributed by atoms with Crippen molar-refractivity contribution in [2.75, 3.05) is 13.1 Å². The summed E-state index contributed by atoms with van der Waals surface area (Å²) >= 11 is 0. The summed E-state index contributed by atoms with van der Waals surface area (Å²) in [7, 11) is 0. The van der Waals surface area contributed by atoms with E-state index < -0.39 is 5.97 Å². The number of piperidine rings is 1. The highest BCUT2D eigenvalue weighted by molar-refractivity contribution is 5.74. The second kappa shape index (κ2) is 7.24. The smallest absolute Gasteiger partial charge is 0.317 e. The van der Waals surface area contributed by atoms with Crippen molar-refractivity contribution in [3.8, 4) is 0 Å². The lowest BCUT2D eigenvalue weighted by Crippen LogP contribution is -2.49. The molecule has 0 bridgehead atoms. The van der Waals surface area contributed by atoms with Gasteiger partial charge in [-0.2, -0.15) is 0 Å². The van der Waals surface area contributed by atoms with Crippen LogP contribution < -0.4 is 5.32 Å². The molecule has 0 aromatic heterocycles. The number of nitrogens with one attached hydrogen (secondary N) is 1. The molecular weight excluding hydrogens is 232 g/mol. The lowest BCUT2D eigenvalue weighted by atomic mass is 10.0. The third kappa shape index (κ3) is 4.55. The van der Waals surface area contributed by atoms with Crippen LogP contribution in [0, 0.1) is 5.92 Å². The lowest BCUT2D eigenvalue weighted by molar-refractivity contribution is -0.137. The van der Waals surface area contributed by atoms with Crippen LogP contribution in [0.15, 0.2) is 0 Å². The minimum atomic E-state index is -0.818. The molecule has 0 aliphatic carbocycles. The van der Waals surface area contributed by atoms with Crippen molar-refractivity contribution in [3.05, 3.63) is 0 Å². The Morgan fingerprint density at radius 2 is 2.17 bits per heavy atom. The Balaban J connectivity index is 2.36. The van der Waals surface area contributed by atoms with Crippen molar-refractivity contribution < 1.29 is 14.7 Å². The highest BCUT2D eigenvalue weighted by atomic mass is 16.4. The molecule has 2 N–H and O–H groups in total. The summed E-state index contributed by atoms with van der Waals surface area (Å²) in [4.78, 5) is 24.5. The van der Waals surface area contributed by atoms with Gasteiger partial charge in [0.15, 0.2) is 0 Å². The Labute approximate surface area is 109 Å². The third-order valence-corrected chi connectivity index (χ3v) is 3.48. The molecule has 1 aliphatic heterocycles. The summed E-state index contributed by atoms with van der Waals surface area (Å²) in [6.07, 6.45) is 4.41. The fraction of sp³-hybridized carbons (Fsp3) is 0.846. The van der Waals surface area contributed by atoms with Crippen molar-refractivity contribution in [1.29, 1.82) is 0 Å². The standard InChI is InChI=1S/C13H24N2O3/c1-3-11-6-4-5-7-15(11)13(18)14-9-10(2)8-12(16)17/h10-11H,3-9H2,1-2H3,(H,14,18)(H,16,17). The molecule has 1 rings (SSSR count). The maximum Gasteiger partial charge on any atom is 0.317 e. The average molecular weight is 256 g/mol. The Kier molecular flexibility index (Phi) is 5.95. The highest BCUT2D eigenvalue weighted by Gasteiger charge is 2.25. The van der Waals surface area contributed by atoms with E-state index in [1.807, 2.05) is 11.8 Å². The van der Waals surface area contributed by atoms with Crippen LogP contribution in [0.2, 0.25) is 0 Å². The maximum absolute atomic E-state index is 12.0. The first-order chi connectivity index (χ1) is 8.54. The molecule has 0 spiro atoms. The number of aliphatic carboxylic acids is 1. The summed E-state index contributed by atoms with van der Waals surface area (Å²) < 4.78 is 0. The predicted octanol–water partition coefficient (Wildman–Crippen LogP) is 2.07. The number of likely N-dealkylation sites (tertiary alicyclic amines) is 1. The van der Waals surface area contributed by atoms with Crippen LogP contribution in [0.5, 0.6) is 0 Å². The van der Waals surface area contributed by atoms with Crippen molar-refractivity contribution in [3.63, 3.8) is 0 Å². The number of urea groups is 1. The number of hydrogen-bond donors (Lipinski definition) is 2. The molecule has 1 saturated heterocycles. The van der Waals surface area contributed by atoms with Gasteiger partial charge in [0.25, 0.3) is 0 Å². The van der Waals surface area contributed by atoms with Gasteiger partial charge in [0.05, 0.1) is 0 Å². The zero-order chi connectivity index (χ0) is 13.5. The summed E-state index contributed by atoms with van der Waals surface area (Å²) in [5, 5.41) is 11.5. The summed E-state index contributed by atoms with van der Waals surface area (Å²) in [6.45, 7) is 5.18. The van der Waals surface area contributed by atoms with Crippen molar-refractivity contribution >= 4 is 12.0 Å². The molecule has 18 heavy (non-hydrogen) atoms. The van der Waals surface area contributed by atoms with Crippen LogP contribution in [0.4, 0.5) is 4.79 Å². The third-order valence-electron chi connectivity index (χ3n) is 3.48. The molecule has 0 aromatic rings. The normalized spacial score (nSPS) is 21.4. The number of amides is 2. The van der Waals surface area contributed by atoms with Gasteiger partial charge >= 0.3 is 12.0 Å². The van der Waals surface area contributed by atoms with Crippen LogP contribution in [0.3, 0.4) is 0 Å². The van der Waals surface area contributed by atoms with Gasteiger partial charge in [-0.3, -0.25) is 4.79 Å². The molecule has 2 atom stereocenters. The minimum absolute atomic E-state index is 0.0312. The Bertz CT molecular complexity index is 294. The van der Waals surface area contributed by atoms with E-state index in [1.54, 1.807) is 0 Å².